The Hall–Kier alpha value is -7.78. The zero-order valence-corrected chi connectivity index (χ0v) is 49.1. The molecule has 0 bridgehead atoms. The number of thiazole rings is 4. The highest BCUT2D eigenvalue weighted by atomic mass is 32.1. The van der Waals surface area contributed by atoms with Gasteiger partial charge in [-0.15, -0.1) is 45.3 Å². The van der Waals surface area contributed by atoms with Gasteiger partial charge in [-0.05, 0) is 38.8 Å². The highest BCUT2D eigenvalue weighted by Crippen LogP contribution is 2.68. The summed E-state index contributed by atoms with van der Waals surface area (Å²) in [4.78, 5) is 25.1. The maximum Gasteiger partial charge on any atom is 0.174 e. The lowest BCUT2D eigenvalue weighted by Gasteiger charge is -2.18. The molecule has 0 radical (unpaired) electrons. The van der Waals surface area contributed by atoms with Gasteiger partial charge in [0, 0.05) is 74.1 Å². The molecule has 8 aromatic carbocycles. The second-order valence-corrected chi connectivity index (χ2v) is 29.7. The smallest absolute Gasteiger partial charge is 0.174 e. The van der Waals surface area contributed by atoms with E-state index in [0.29, 0.717) is 0 Å². The number of benzene rings is 8. The maximum atomic E-state index is 15.7. The van der Waals surface area contributed by atoms with Crippen molar-refractivity contribution in [2.24, 2.45) is 0 Å². The molecule has 14 rings (SSSR count). The van der Waals surface area contributed by atoms with E-state index in [1.54, 1.807) is 45.3 Å². The molecule has 0 aliphatic carbocycles. The van der Waals surface area contributed by atoms with Crippen LogP contribution in [0.5, 0.6) is 0 Å². The van der Waals surface area contributed by atoms with Crippen LogP contribution >= 0.6 is 59.6 Å². The van der Waals surface area contributed by atoms with E-state index >= 15 is 9.13 Å². The van der Waals surface area contributed by atoms with Crippen molar-refractivity contribution in [1.82, 2.24) is 19.9 Å². The number of aromatic nitrogens is 4. The molecule has 2 atom stereocenters. The first kappa shape index (κ1) is 51.6. The Kier molecular flexibility index (Phi) is 13.8. The molecule has 0 N–H and O–H groups in total. The third kappa shape index (κ3) is 8.92. The van der Waals surface area contributed by atoms with Crippen LogP contribution in [0, 0.1) is 27.7 Å². The minimum Gasteiger partial charge on any atom is -0.309 e. The largest absolute Gasteiger partial charge is 0.309 e. The van der Waals surface area contributed by atoms with Gasteiger partial charge in [0.1, 0.15) is 20.0 Å². The van der Waals surface area contributed by atoms with E-state index in [-0.39, 0.29) is 0 Å². The van der Waals surface area contributed by atoms with Crippen LogP contribution in [0.2, 0.25) is 0 Å². The van der Waals surface area contributed by atoms with Gasteiger partial charge >= 0.3 is 0 Å². The normalized spacial score (nSPS) is 16.4. The molecule has 12 heteroatoms. The molecule has 0 saturated carbocycles. The van der Waals surface area contributed by atoms with E-state index in [1.807, 2.05) is 170 Å². The fourth-order valence-electron chi connectivity index (χ4n) is 10.9. The second-order valence-electron chi connectivity index (χ2n) is 19.5. The Bertz CT molecular complexity index is 4170. The second kappa shape index (κ2) is 21.4. The number of hydrogen-bond donors (Lipinski definition) is 0. The van der Waals surface area contributed by atoms with E-state index in [0.717, 1.165) is 139 Å². The third-order valence-electron chi connectivity index (χ3n) is 14.6. The zero-order valence-electron chi connectivity index (χ0n) is 44.1. The number of rotatable bonds is 10. The first-order valence-corrected chi connectivity index (χ1v) is 32.9. The summed E-state index contributed by atoms with van der Waals surface area (Å²) in [5, 5.41) is 8.70. The van der Waals surface area contributed by atoms with Gasteiger partial charge in [0.15, 0.2) is 14.3 Å². The predicted molar refractivity (Wildman–Crippen MR) is 340 cm³/mol. The molecule has 388 valence electrons. The molecule has 0 spiro atoms. The maximum absolute atomic E-state index is 15.7. The molecule has 12 aromatic rings. The van der Waals surface area contributed by atoms with Crippen molar-refractivity contribution in [1.29, 1.82) is 0 Å². The van der Waals surface area contributed by atoms with Crippen LogP contribution in [-0.2, 0) is 9.13 Å². The first-order valence-electron chi connectivity index (χ1n) is 26.2. The van der Waals surface area contributed by atoms with Gasteiger partial charge in [0.25, 0.3) is 0 Å². The van der Waals surface area contributed by atoms with Gasteiger partial charge in [-0.2, -0.15) is 0 Å². The molecule has 0 amide bonds. The Labute approximate surface area is 482 Å². The molecule has 2 aliphatic rings. The Morgan fingerprint density at radius 3 is 0.825 bits per heavy atom. The average molecular weight is 1150 g/mol. The monoisotopic (exact) mass is 1140 g/mol. The van der Waals surface area contributed by atoms with Crippen molar-refractivity contribution in [3.05, 3.63) is 284 Å². The molecule has 4 aromatic heterocycles. The minimum absolute atomic E-state index is 0.795. The van der Waals surface area contributed by atoms with Crippen LogP contribution in [0.1, 0.15) is 53.4 Å². The highest BCUT2D eigenvalue weighted by molar-refractivity contribution is 7.89. The van der Waals surface area contributed by atoms with Crippen LogP contribution in [-0.4, -0.2) is 19.9 Å². The van der Waals surface area contributed by atoms with Crippen LogP contribution in [0.3, 0.4) is 0 Å². The number of aryl methyl sites for hydroxylation is 4. The highest BCUT2D eigenvalue weighted by Gasteiger charge is 2.47. The summed E-state index contributed by atoms with van der Waals surface area (Å²) in [6.07, 6.45) is 0. The van der Waals surface area contributed by atoms with Gasteiger partial charge in [0.05, 0.1) is 33.4 Å². The molecule has 0 unspecified atom stereocenters. The molecule has 6 nitrogen and oxygen atoms in total. The fourth-order valence-corrected chi connectivity index (χ4v) is 21.2. The molecule has 0 fully saturated rings. The lowest BCUT2D eigenvalue weighted by atomic mass is 10.0. The van der Waals surface area contributed by atoms with Crippen LogP contribution in [0.15, 0.2) is 231 Å². The van der Waals surface area contributed by atoms with Crippen molar-refractivity contribution in [3.8, 4) is 42.3 Å². The van der Waals surface area contributed by atoms with E-state index in [9.17, 15) is 0 Å². The summed E-state index contributed by atoms with van der Waals surface area (Å²) in [6.45, 7) is 8.40. The SMILES string of the molecule is Cc1sc(-c2ccccc2)nc1C1=C(c2nc(-c3ccccc3)sc2C)[P@@](=O)(c2ccccc2)c2ccccc21.Cc1sc(-c2ccccc2)nc1C1=C(c2nc(-c3ccccc3)sc2C)[P@](=O)(c2ccccc2)c2ccccc21. The Morgan fingerprint density at radius 2 is 0.525 bits per heavy atom. The van der Waals surface area contributed by atoms with Crippen LogP contribution in [0.4, 0.5) is 0 Å². The topological polar surface area (TPSA) is 85.7 Å². The summed E-state index contributed by atoms with van der Waals surface area (Å²) in [5.41, 5.74) is 11.5. The van der Waals surface area contributed by atoms with Crippen molar-refractivity contribution < 1.29 is 9.13 Å². The minimum atomic E-state index is -3.27. The zero-order chi connectivity index (χ0) is 54.5. The Morgan fingerprint density at radius 1 is 0.287 bits per heavy atom. The van der Waals surface area contributed by atoms with E-state index in [1.165, 1.54) is 0 Å². The van der Waals surface area contributed by atoms with Gasteiger partial charge in [0.2, 0.25) is 0 Å². The number of nitrogens with zero attached hydrogens (tertiary/aromatic N) is 4. The molecule has 6 heterocycles. The summed E-state index contributed by atoms with van der Waals surface area (Å²) in [5.74, 6) is 0. The quantitative estimate of drug-likeness (QED) is 0.127. The predicted octanol–water partition coefficient (Wildman–Crippen LogP) is 17.6. The Balaban J connectivity index is 0.000000151. The summed E-state index contributed by atoms with van der Waals surface area (Å²) >= 11 is 6.65. The van der Waals surface area contributed by atoms with Crippen molar-refractivity contribution in [3.63, 3.8) is 0 Å². The lowest BCUT2D eigenvalue weighted by molar-refractivity contribution is 0.592. The average Bonchev–Trinajstić information content (AvgIpc) is 4.52. The lowest BCUT2D eigenvalue weighted by Crippen LogP contribution is -2.15. The number of hydrogen-bond acceptors (Lipinski definition) is 10. The van der Waals surface area contributed by atoms with Gasteiger partial charge in [-0.1, -0.05) is 231 Å². The molecule has 80 heavy (non-hydrogen) atoms. The third-order valence-corrected chi connectivity index (χ3v) is 25.0. The van der Waals surface area contributed by atoms with E-state index < -0.39 is 14.3 Å². The molecular formula is C68H50N4O2P2S4. The van der Waals surface area contributed by atoms with Gasteiger partial charge < -0.3 is 9.13 Å². The standard InChI is InChI=1S/2C34H25N2OPS2/c2*1-22-30(35-33(39-22)24-14-6-3-7-15-24)29-27-20-12-13-21-28(27)38(37,26-18-10-5-11-19-26)32(29)31-23(2)40-34(36-31)25-16-8-4-9-17-25/h2*3-21H,1-2H3/t2*38-/m10/s1. The van der Waals surface area contributed by atoms with E-state index in [2.05, 4.69) is 88.4 Å². The number of fused-ring (bicyclic) bond motifs is 2. The van der Waals surface area contributed by atoms with E-state index in [4.69, 9.17) is 19.9 Å². The first-order chi connectivity index (χ1) is 39.1. The summed E-state index contributed by atoms with van der Waals surface area (Å²) in [6, 6.07) is 77.0. The van der Waals surface area contributed by atoms with Crippen molar-refractivity contribution in [2.45, 2.75) is 27.7 Å². The molecule has 0 saturated heterocycles. The van der Waals surface area contributed by atoms with Crippen molar-refractivity contribution >= 4 is 103 Å². The summed E-state index contributed by atoms with van der Waals surface area (Å²) in [7, 11) is -6.53. The van der Waals surface area contributed by atoms with Gasteiger partial charge in [-0.25, -0.2) is 19.9 Å². The molecule has 2 aliphatic heterocycles. The summed E-state index contributed by atoms with van der Waals surface area (Å²) < 4.78 is 31.4. The van der Waals surface area contributed by atoms with Crippen LogP contribution in [0.25, 0.3) is 64.1 Å². The van der Waals surface area contributed by atoms with Gasteiger partial charge in [-0.3, -0.25) is 0 Å². The van der Waals surface area contributed by atoms with Crippen LogP contribution < -0.4 is 21.2 Å². The molecular weight excluding hydrogens is 1090 g/mol. The van der Waals surface area contributed by atoms with Crippen molar-refractivity contribution in [2.75, 3.05) is 0 Å². The fraction of sp³-hybridized carbons (Fsp3) is 0.0588.